The van der Waals surface area contributed by atoms with Crippen molar-refractivity contribution >= 4 is 39.6 Å². The van der Waals surface area contributed by atoms with E-state index in [0.717, 1.165) is 17.5 Å². The smallest absolute Gasteiger partial charge is 0.407 e. The van der Waals surface area contributed by atoms with Crippen LogP contribution in [0.4, 0.5) is 10.5 Å². The summed E-state index contributed by atoms with van der Waals surface area (Å²) in [6.45, 7) is 5.88. The Kier molecular flexibility index (Phi) is 9.27. The molecule has 0 spiro atoms. The molecule has 2 heterocycles. The Hall–Kier alpha value is -3.19. The molecule has 2 fully saturated rings. The van der Waals surface area contributed by atoms with E-state index in [-0.39, 0.29) is 43.2 Å². The summed E-state index contributed by atoms with van der Waals surface area (Å²) in [4.78, 5) is 52.6. The van der Waals surface area contributed by atoms with Gasteiger partial charge in [0.2, 0.25) is 11.8 Å². The zero-order valence-electron chi connectivity index (χ0n) is 24.0. The predicted molar refractivity (Wildman–Crippen MR) is 151 cm³/mol. The molecule has 1 saturated carbocycles. The number of anilines is 1. The molecule has 41 heavy (non-hydrogen) atoms. The number of hydrogen-bond acceptors (Lipinski definition) is 9. The lowest BCUT2D eigenvalue weighted by molar-refractivity contribution is -0.137. The summed E-state index contributed by atoms with van der Waals surface area (Å²) in [6, 6.07) is 4.17. The van der Waals surface area contributed by atoms with Crippen molar-refractivity contribution < 1.29 is 36.5 Å². The molecule has 0 radical (unpaired) electrons. The van der Waals surface area contributed by atoms with Crippen molar-refractivity contribution in [3.05, 3.63) is 29.3 Å². The van der Waals surface area contributed by atoms with E-state index in [9.17, 15) is 27.6 Å². The second-order valence-corrected chi connectivity index (χ2v) is 13.6. The zero-order chi connectivity index (χ0) is 29.9. The standard InChI is InChI=1S/C28H40N4O8S/c1-28(2,3)40-27(36)30-18-11-9-17(10-12-18)24-23-19(26(35)32(24)21-13-14-22(33)31-25(21)34)7-5-8-20(23)29-15-6-16-39-41(4,37)38/h5,7-8,17-18,21,24,29H,6,9-16H2,1-4H3,(H,30,36)(H,31,33,34)/t17?,18?,21-,24-/m1/s1. The third-order valence-corrected chi connectivity index (χ3v) is 8.18. The molecule has 3 aliphatic rings. The van der Waals surface area contributed by atoms with E-state index >= 15 is 0 Å². The number of nitrogens with zero attached hydrogens (tertiary/aromatic N) is 1. The van der Waals surface area contributed by atoms with Crippen LogP contribution >= 0.6 is 0 Å². The van der Waals surface area contributed by atoms with Gasteiger partial charge in [-0.2, -0.15) is 8.42 Å². The summed E-state index contributed by atoms with van der Waals surface area (Å²) in [6.07, 6.45) is 4.16. The molecule has 1 aromatic rings. The second-order valence-electron chi connectivity index (χ2n) is 12.0. The Bertz CT molecular complexity index is 1280. The minimum absolute atomic E-state index is 0.0128. The van der Waals surface area contributed by atoms with E-state index in [1.807, 2.05) is 26.8 Å². The SMILES string of the molecule is CC(C)(C)OC(=O)NC1CCC([C@@H]2c3c(NCCCOS(C)(=O)=O)cccc3C(=O)N2[C@@H]2CCC(=O)NC2=O)CC1. The maximum absolute atomic E-state index is 13.8. The van der Waals surface area contributed by atoms with Gasteiger partial charge in [-0.1, -0.05) is 6.07 Å². The van der Waals surface area contributed by atoms with E-state index < -0.39 is 39.8 Å². The lowest BCUT2D eigenvalue weighted by Crippen LogP contribution is -2.54. The van der Waals surface area contributed by atoms with Gasteiger partial charge in [0, 0.05) is 35.8 Å². The molecule has 0 bridgehead atoms. The summed E-state index contributed by atoms with van der Waals surface area (Å²) in [5, 5.41) is 8.68. The number of hydrogen-bond donors (Lipinski definition) is 3. The molecule has 1 saturated heterocycles. The van der Waals surface area contributed by atoms with Crippen molar-refractivity contribution in [1.29, 1.82) is 0 Å². The van der Waals surface area contributed by atoms with Crippen molar-refractivity contribution in [3.63, 3.8) is 0 Å². The molecule has 3 N–H and O–H groups in total. The normalized spacial score (nSPS) is 25.0. The highest BCUT2D eigenvalue weighted by atomic mass is 32.2. The van der Waals surface area contributed by atoms with Crippen LogP contribution in [0.3, 0.4) is 0 Å². The molecular weight excluding hydrogens is 552 g/mol. The van der Waals surface area contributed by atoms with E-state index in [1.54, 1.807) is 17.0 Å². The van der Waals surface area contributed by atoms with Gasteiger partial charge in [0.15, 0.2) is 0 Å². The van der Waals surface area contributed by atoms with E-state index in [4.69, 9.17) is 8.92 Å². The summed E-state index contributed by atoms with van der Waals surface area (Å²) in [7, 11) is -3.53. The number of benzene rings is 1. The molecule has 13 heteroatoms. The summed E-state index contributed by atoms with van der Waals surface area (Å²) in [5.74, 6) is -1.06. The van der Waals surface area contributed by atoms with Crippen molar-refractivity contribution in [2.45, 2.75) is 89.4 Å². The fourth-order valence-corrected chi connectivity index (χ4v) is 6.35. The van der Waals surface area contributed by atoms with Gasteiger partial charge in [-0.3, -0.25) is 23.9 Å². The maximum atomic E-state index is 13.8. The number of nitrogens with one attached hydrogen (secondary N) is 3. The van der Waals surface area contributed by atoms with Crippen LogP contribution in [0.2, 0.25) is 0 Å². The first-order chi connectivity index (χ1) is 19.2. The summed E-state index contributed by atoms with van der Waals surface area (Å²) >= 11 is 0. The van der Waals surface area contributed by atoms with E-state index in [1.165, 1.54) is 0 Å². The van der Waals surface area contributed by atoms with Crippen LogP contribution < -0.4 is 16.0 Å². The van der Waals surface area contributed by atoms with Gasteiger partial charge in [-0.15, -0.1) is 0 Å². The average molecular weight is 593 g/mol. The lowest BCUT2D eigenvalue weighted by Gasteiger charge is -2.41. The van der Waals surface area contributed by atoms with Crippen LogP contribution in [0.15, 0.2) is 18.2 Å². The Labute approximate surface area is 241 Å². The topological polar surface area (TPSA) is 160 Å². The quantitative estimate of drug-likeness (QED) is 0.223. The summed E-state index contributed by atoms with van der Waals surface area (Å²) in [5.41, 5.74) is 1.45. The molecule has 2 aliphatic heterocycles. The Morgan fingerprint density at radius 2 is 1.80 bits per heavy atom. The molecule has 1 aromatic carbocycles. The highest BCUT2D eigenvalue weighted by Crippen LogP contribution is 2.48. The van der Waals surface area contributed by atoms with Gasteiger partial charge in [-0.05, 0) is 77.3 Å². The fourth-order valence-electron chi connectivity index (χ4n) is 5.93. The van der Waals surface area contributed by atoms with Gasteiger partial charge in [-0.25, -0.2) is 4.79 Å². The van der Waals surface area contributed by atoms with Gasteiger partial charge in [0.05, 0.1) is 18.9 Å². The monoisotopic (exact) mass is 592 g/mol. The molecule has 1 aliphatic carbocycles. The predicted octanol–water partition coefficient (Wildman–Crippen LogP) is 2.85. The van der Waals surface area contributed by atoms with Crippen LogP contribution in [0, 0.1) is 5.92 Å². The molecule has 2 atom stereocenters. The number of alkyl carbamates (subject to hydrolysis) is 1. The van der Waals surface area contributed by atoms with Gasteiger partial charge in [0.1, 0.15) is 11.6 Å². The zero-order valence-corrected chi connectivity index (χ0v) is 24.8. The molecule has 0 unspecified atom stereocenters. The number of carbonyl (C=O) groups is 4. The highest BCUT2D eigenvalue weighted by molar-refractivity contribution is 7.85. The number of imide groups is 1. The van der Waals surface area contributed by atoms with Gasteiger partial charge >= 0.3 is 6.09 Å². The van der Waals surface area contributed by atoms with Crippen LogP contribution in [-0.4, -0.2) is 74.2 Å². The molecule has 0 aromatic heterocycles. The summed E-state index contributed by atoms with van der Waals surface area (Å²) < 4.78 is 32.8. The average Bonchev–Trinajstić information content (AvgIpc) is 3.15. The minimum atomic E-state index is -3.53. The Morgan fingerprint density at radius 1 is 1.10 bits per heavy atom. The van der Waals surface area contributed by atoms with Gasteiger partial charge in [0.25, 0.3) is 16.0 Å². The molecule has 4 rings (SSSR count). The Balaban J connectivity index is 1.55. The Morgan fingerprint density at radius 3 is 2.44 bits per heavy atom. The molecular formula is C28H40N4O8S. The molecule has 4 amide bonds. The van der Waals surface area contributed by atoms with Gasteiger partial charge < -0.3 is 20.3 Å². The third kappa shape index (κ3) is 7.76. The molecule has 12 nitrogen and oxygen atoms in total. The van der Waals surface area contributed by atoms with Crippen molar-refractivity contribution in [3.8, 4) is 0 Å². The maximum Gasteiger partial charge on any atom is 0.407 e. The largest absolute Gasteiger partial charge is 0.444 e. The lowest BCUT2D eigenvalue weighted by atomic mass is 9.78. The number of rotatable bonds is 9. The van der Waals surface area contributed by atoms with Crippen LogP contribution in [0.1, 0.15) is 87.7 Å². The van der Waals surface area contributed by atoms with Crippen LogP contribution in [0.25, 0.3) is 0 Å². The first kappa shape index (κ1) is 30.8. The van der Waals surface area contributed by atoms with Crippen molar-refractivity contribution in [2.75, 3.05) is 24.7 Å². The number of piperidine rings is 1. The number of carbonyl (C=O) groups excluding carboxylic acids is 4. The van der Waals surface area contributed by atoms with Crippen molar-refractivity contribution in [1.82, 2.24) is 15.5 Å². The molecule has 226 valence electrons. The first-order valence-electron chi connectivity index (χ1n) is 14.1. The number of fused-ring (bicyclic) bond motifs is 1. The third-order valence-electron chi connectivity index (χ3n) is 7.59. The highest BCUT2D eigenvalue weighted by Gasteiger charge is 2.49. The van der Waals surface area contributed by atoms with Crippen LogP contribution in [0.5, 0.6) is 0 Å². The van der Waals surface area contributed by atoms with Crippen LogP contribution in [-0.2, 0) is 28.6 Å². The second kappa shape index (κ2) is 12.4. The number of amides is 4. The van der Waals surface area contributed by atoms with E-state index in [2.05, 4.69) is 16.0 Å². The minimum Gasteiger partial charge on any atom is -0.444 e. The number of ether oxygens (including phenoxy) is 1. The first-order valence-corrected chi connectivity index (χ1v) is 15.9. The van der Waals surface area contributed by atoms with E-state index in [0.29, 0.717) is 44.2 Å². The fraction of sp³-hybridized carbons (Fsp3) is 0.643. The van der Waals surface area contributed by atoms with Crippen molar-refractivity contribution in [2.24, 2.45) is 5.92 Å².